The molecule has 0 bridgehead atoms. The van der Waals surface area contributed by atoms with Gasteiger partial charge < -0.3 is 14.0 Å². The fourth-order valence-corrected chi connectivity index (χ4v) is 10.1. The van der Waals surface area contributed by atoms with E-state index in [1.54, 1.807) is 0 Å². The molecule has 2 heterocycles. The van der Waals surface area contributed by atoms with Gasteiger partial charge in [0.1, 0.15) is 0 Å². The van der Waals surface area contributed by atoms with Crippen molar-refractivity contribution in [1.82, 2.24) is 9.13 Å². The van der Waals surface area contributed by atoms with Gasteiger partial charge in [-0.15, -0.1) is 0 Å². The van der Waals surface area contributed by atoms with Gasteiger partial charge in [-0.3, -0.25) is 0 Å². The van der Waals surface area contributed by atoms with Gasteiger partial charge in [0.2, 0.25) is 0 Å². The molecule has 0 spiro atoms. The van der Waals surface area contributed by atoms with Gasteiger partial charge in [-0.1, -0.05) is 164 Å². The Labute approximate surface area is 364 Å². The van der Waals surface area contributed by atoms with E-state index in [0.717, 1.165) is 39.5 Å². The van der Waals surface area contributed by atoms with Crippen molar-refractivity contribution in [2.75, 3.05) is 4.90 Å². The van der Waals surface area contributed by atoms with Gasteiger partial charge in [0, 0.05) is 38.9 Å². The molecule has 2 aromatic heterocycles. The second-order valence-electron chi connectivity index (χ2n) is 16.6. The molecule has 13 aromatic rings. The molecule has 0 amide bonds. The van der Waals surface area contributed by atoms with Crippen molar-refractivity contribution in [3.8, 4) is 22.5 Å². The van der Waals surface area contributed by atoms with Crippen LogP contribution < -0.4 is 4.90 Å². The number of nitrogens with zero attached hydrogens (tertiary/aromatic N) is 3. The smallest absolute Gasteiger partial charge is 0.0804 e. The lowest BCUT2D eigenvalue weighted by Gasteiger charge is -2.26. The Balaban J connectivity index is 1.18. The van der Waals surface area contributed by atoms with Crippen LogP contribution in [0.3, 0.4) is 0 Å². The standard InChI is InChI=1S/C60H39N3/c1-3-15-40(16-4-1)45-29-33-56-54(37-45)60-59(62(56)47-22-5-2-6-23-47)55-39-50(32-34-57(55)63(60)58-38-46-21-11-12-24-51(46)52-25-13-14-26-53(52)58)61(48-30-27-41-17-7-9-19-43(41)35-48)49-31-28-42-18-8-10-20-44(42)36-49/h1-39H. The predicted molar refractivity (Wildman–Crippen MR) is 268 cm³/mol. The first-order valence-electron chi connectivity index (χ1n) is 21.7. The largest absolute Gasteiger partial charge is 0.310 e. The highest BCUT2D eigenvalue weighted by atomic mass is 15.1. The zero-order valence-corrected chi connectivity index (χ0v) is 34.4. The Hall–Kier alpha value is -8.40. The van der Waals surface area contributed by atoms with Crippen molar-refractivity contribution < 1.29 is 0 Å². The van der Waals surface area contributed by atoms with Crippen molar-refractivity contribution in [2.24, 2.45) is 0 Å². The normalized spacial score (nSPS) is 11.8. The van der Waals surface area contributed by atoms with E-state index in [1.165, 1.54) is 76.0 Å². The van der Waals surface area contributed by atoms with E-state index >= 15 is 0 Å². The fourth-order valence-electron chi connectivity index (χ4n) is 10.1. The number of hydrogen-bond donors (Lipinski definition) is 0. The second-order valence-corrected chi connectivity index (χ2v) is 16.6. The number of fused-ring (bicyclic) bond motifs is 10. The summed E-state index contributed by atoms with van der Waals surface area (Å²) < 4.78 is 5.04. The van der Waals surface area contributed by atoms with Gasteiger partial charge in [0.25, 0.3) is 0 Å². The van der Waals surface area contributed by atoms with Crippen LogP contribution in [-0.2, 0) is 0 Å². The van der Waals surface area contributed by atoms with E-state index in [-0.39, 0.29) is 0 Å². The van der Waals surface area contributed by atoms with E-state index in [2.05, 4.69) is 251 Å². The summed E-state index contributed by atoms with van der Waals surface area (Å²) in [7, 11) is 0. The number of para-hydroxylation sites is 1. The Morgan fingerprint density at radius 3 is 1.46 bits per heavy atom. The topological polar surface area (TPSA) is 13.1 Å². The molecule has 0 radical (unpaired) electrons. The lowest BCUT2D eigenvalue weighted by molar-refractivity contribution is 1.18. The average Bonchev–Trinajstić information content (AvgIpc) is 3.86. The average molecular weight is 802 g/mol. The van der Waals surface area contributed by atoms with Gasteiger partial charge >= 0.3 is 0 Å². The Kier molecular flexibility index (Phi) is 7.91. The van der Waals surface area contributed by atoms with Crippen molar-refractivity contribution in [2.45, 2.75) is 0 Å². The molecule has 3 nitrogen and oxygen atoms in total. The molecular weight excluding hydrogens is 763 g/mol. The third-order valence-corrected chi connectivity index (χ3v) is 13.0. The Morgan fingerprint density at radius 1 is 0.270 bits per heavy atom. The predicted octanol–water partition coefficient (Wildman–Crippen LogP) is 16.5. The number of hydrogen-bond acceptors (Lipinski definition) is 1. The van der Waals surface area contributed by atoms with Crippen molar-refractivity contribution in [3.05, 3.63) is 237 Å². The van der Waals surface area contributed by atoms with Gasteiger partial charge in [-0.05, 0) is 122 Å². The minimum Gasteiger partial charge on any atom is -0.310 e. The molecule has 3 heteroatoms. The summed E-state index contributed by atoms with van der Waals surface area (Å²) in [4.78, 5) is 2.43. The molecule has 0 unspecified atom stereocenters. The first-order valence-corrected chi connectivity index (χ1v) is 21.7. The molecule has 13 rings (SSSR count). The summed E-state index contributed by atoms with van der Waals surface area (Å²) in [6.07, 6.45) is 0. The molecular formula is C60H39N3. The number of aromatic nitrogens is 2. The minimum atomic E-state index is 1.09. The minimum absolute atomic E-state index is 1.09. The molecule has 11 aromatic carbocycles. The summed E-state index contributed by atoms with van der Waals surface area (Å²) in [5.74, 6) is 0. The highest BCUT2D eigenvalue weighted by molar-refractivity contribution is 6.23. The van der Waals surface area contributed by atoms with Crippen LogP contribution in [0, 0.1) is 0 Å². The van der Waals surface area contributed by atoms with Gasteiger partial charge in [0.05, 0.1) is 27.8 Å². The zero-order valence-electron chi connectivity index (χ0n) is 34.4. The van der Waals surface area contributed by atoms with Crippen LogP contribution in [0.5, 0.6) is 0 Å². The van der Waals surface area contributed by atoms with Crippen LogP contribution in [0.25, 0.3) is 98.4 Å². The van der Waals surface area contributed by atoms with E-state index in [1.807, 2.05) is 0 Å². The quantitative estimate of drug-likeness (QED) is 0.153. The number of anilines is 3. The zero-order chi connectivity index (χ0) is 41.4. The van der Waals surface area contributed by atoms with Crippen LogP contribution in [0.1, 0.15) is 0 Å². The Bertz CT molecular complexity index is 3830. The summed E-state index contributed by atoms with van der Waals surface area (Å²) in [5.41, 5.74) is 12.6. The highest BCUT2D eigenvalue weighted by Crippen LogP contribution is 2.46. The molecule has 0 fully saturated rings. The van der Waals surface area contributed by atoms with E-state index in [0.29, 0.717) is 0 Å². The van der Waals surface area contributed by atoms with Gasteiger partial charge in [-0.25, -0.2) is 0 Å². The number of benzene rings is 11. The number of rotatable bonds is 6. The van der Waals surface area contributed by atoms with E-state index in [9.17, 15) is 0 Å². The monoisotopic (exact) mass is 801 g/mol. The third-order valence-electron chi connectivity index (χ3n) is 13.0. The summed E-state index contributed by atoms with van der Waals surface area (Å²) in [5, 5.41) is 12.2. The van der Waals surface area contributed by atoms with E-state index < -0.39 is 0 Å². The lowest BCUT2D eigenvalue weighted by atomic mass is 10.00. The van der Waals surface area contributed by atoms with Crippen molar-refractivity contribution >= 4 is 93.0 Å². The molecule has 0 aliphatic heterocycles. The highest BCUT2D eigenvalue weighted by Gasteiger charge is 2.25. The lowest BCUT2D eigenvalue weighted by Crippen LogP contribution is -2.10. The maximum Gasteiger partial charge on any atom is 0.0804 e. The van der Waals surface area contributed by atoms with Crippen LogP contribution in [0.4, 0.5) is 17.1 Å². The molecule has 0 aliphatic rings. The van der Waals surface area contributed by atoms with Gasteiger partial charge in [0.15, 0.2) is 0 Å². The van der Waals surface area contributed by atoms with E-state index in [4.69, 9.17) is 0 Å². The maximum absolute atomic E-state index is 2.55. The van der Waals surface area contributed by atoms with Crippen molar-refractivity contribution in [1.29, 1.82) is 0 Å². The summed E-state index contributed by atoms with van der Waals surface area (Å²) >= 11 is 0. The third kappa shape index (κ3) is 5.60. The molecule has 0 saturated heterocycles. The molecule has 63 heavy (non-hydrogen) atoms. The molecule has 0 N–H and O–H groups in total. The summed E-state index contributed by atoms with van der Waals surface area (Å²) in [6.45, 7) is 0. The summed E-state index contributed by atoms with van der Waals surface area (Å²) in [6, 6.07) is 86.7. The fraction of sp³-hybridized carbons (Fsp3) is 0. The molecule has 0 atom stereocenters. The second kappa shape index (κ2) is 14.1. The molecule has 0 aliphatic carbocycles. The Morgan fingerprint density at radius 2 is 0.762 bits per heavy atom. The van der Waals surface area contributed by atoms with Crippen LogP contribution in [0.2, 0.25) is 0 Å². The van der Waals surface area contributed by atoms with Gasteiger partial charge in [-0.2, -0.15) is 0 Å². The SMILES string of the molecule is c1ccc(-c2ccc3c(c2)c2c(c4cc(N(c5ccc6ccccc6c5)c5ccc6ccccc6c5)ccc4n2-c2cc4ccccc4c4ccccc24)n3-c2ccccc2)cc1. The van der Waals surface area contributed by atoms with Crippen molar-refractivity contribution in [3.63, 3.8) is 0 Å². The molecule has 294 valence electrons. The first kappa shape index (κ1) is 35.4. The van der Waals surface area contributed by atoms with Crippen LogP contribution >= 0.6 is 0 Å². The van der Waals surface area contributed by atoms with Crippen LogP contribution in [0.15, 0.2) is 237 Å². The molecule has 0 saturated carbocycles. The maximum atomic E-state index is 2.55. The first-order chi connectivity index (χ1) is 31.2. The van der Waals surface area contributed by atoms with Crippen LogP contribution in [-0.4, -0.2) is 9.13 Å².